The van der Waals surface area contributed by atoms with Gasteiger partial charge < -0.3 is 4.90 Å². The van der Waals surface area contributed by atoms with Crippen LogP contribution in [0, 0.1) is 6.92 Å². The average Bonchev–Trinajstić information content (AvgIpc) is 3.02. The van der Waals surface area contributed by atoms with E-state index in [0.29, 0.717) is 19.4 Å². The van der Waals surface area contributed by atoms with E-state index in [1.807, 2.05) is 61.5 Å². The van der Waals surface area contributed by atoms with E-state index in [2.05, 4.69) is 0 Å². The highest BCUT2D eigenvalue weighted by Crippen LogP contribution is 2.19. The molecule has 2 aromatic rings. The van der Waals surface area contributed by atoms with Crippen LogP contribution in [0.3, 0.4) is 0 Å². The van der Waals surface area contributed by atoms with Gasteiger partial charge in [-0.3, -0.25) is 4.79 Å². The summed E-state index contributed by atoms with van der Waals surface area (Å²) >= 11 is 0. The second kappa shape index (κ2) is 8.53. The lowest BCUT2D eigenvalue weighted by Crippen LogP contribution is -2.41. The molecule has 27 heavy (non-hydrogen) atoms. The maximum Gasteiger partial charge on any atom is 0.246 e. The predicted molar refractivity (Wildman–Crippen MR) is 109 cm³/mol. The van der Waals surface area contributed by atoms with Gasteiger partial charge in [0.25, 0.3) is 0 Å². The zero-order valence-electron chi connectivity index (χ0n) is 15.5. The fourth-order valence-electron chi connectivity index (χ4n) is 3.33. The Balaban J connectivity index is 1.73. The van der Waals surface area contributed by atoms with E-state index in [1.54, 1.807) is 17.1 Å². The fraction of sp³-hybridized carbons (Fsp3) is 0.318. The second-order valence-electron chi connectivity index (χ2n) is 7.07. The third-order valence-electron chi connectivity index (χ3n) is 4.91. The molecule has 1 heterocycles. The van der Waals surface area contributed by atoms with Crippen LogP contribution in [0.1, 0.15) is 23.1 Å². The molecule has 2 aromatic carbocycles. The van der Waals surface area contributed by atoms with Crippen molar-refractivity contribution in [2.45, 2.75) is 25.8 Å². The number of amides is 1. The van der Waals surface area contributed by atoms with Gasteiger partial charge >= 0.3 is 0 Å². The van der Waals surface area contributed by atoms with E-state index in [-0.39, 0.29) is 23.5 Å². The Bertz CT molecular complexity index is 902. The topological polar surface area (TPSA) is 54.5 Å². The van der Waals surface area contributed by atoms with Gasteiger partial charge in [0.1, 0.15) is 0 Å². The van der Waals surface area contributed by atoms with Crippen LogP contribution in [0.4, 0.5) is 0 Å². The number of carbonyl (C=O) groups is 1. The van der Waals surface area contributed by atoms with E-state index < -0.39 is 9.84 Å². The number of aryl methyl sites for hydroxylation is 1. The maximum absolute atomic E-state index is 12.8. The molecule has 0 aromatic heterocycles. The quantitative estimate of drug-likeness (QED) is 0.720. The largest absolute Gasteiger partial charge is 0.335 e. The minimum Gasteiger partial charge on any atom is -0.335 e. The van der Waals surface area contributed by atoms with Crippen molar-refractivity contribution in [1.82, 2.24) is 4.90 Å². The Morgan fingerprint density at radius 1 is 1.11 bits per heavy atom. The molecule has 0 unspecified atom stereocenters. The highest BCUT2D eigenvalue weighted by Gasteiger charge is 2.33. The lowest BCUT2D eigenvalue weighted by Gasteiger charge is -2.27. The van der Waals surface area contributed by atoms with Gasteiger partial charge in [-0.2, -0.15) is 0 Å². The Kier molecular flexibility index (Phi) is 6.11. The monoisotopic (exact) mass is 383 g/mol. The molecule has 0 N–H and O–H groups in total. The van der Waals surface area contributed by atoms with Crippen LogP contribution in [-0.4, -0.2) is 43.3 Å². The number of sulfone groups is 1. The van der Waals surface area contributed by atoms with Crippen LogP contribution in [0.25, 0.3) is 6.08 Å². The third kappa shape index (κ3) is 5.54. The molecule has 4 nitrogen and oxygen atoms in total. The van der Waals surface area contributed by atoms with Gasteiger partial charge in [-0.25, -0.2) is 8.42 Å². The van der Waals surface area contributed by atoms with Crippen molar-refractivity contribution in [3.05, 3.63) is 77.4 Å². The van der Waals surface area contributed by atoms with Gasteiger partial charge in [-0.1, -0.05) is 60.2 Å². The van der Waals surface area contributed by atoms with E-state index in [9.17, 15) is 13.2 Å². The van der Waals surface area contributed by atoms with Crippen molar-refractivity contribution < 1.29 is 13.2 Å². The second-order valence-corrected chi connectivity index (χ2v) is 9.30. The van der Waals surface area contributed by atoms with Crippen LogP contribution in [-0.2, 0) is 21.1 Å². The standard InChI is InChI=1S/C22H25NO3S/c1-18-7-9-20(10-8-18)11-12-22(24)23(21-14-16-27(25,26)17-21)15-13-19-5-3-2-4-6-19/h2-12,21H,13-17H2,1H3/b12-11+/t21-/m0/s1. The summed E-state index contributed by atoms with van der Waals surface area (Å²) < 4.78 is 23.8. The lowest BCUT2D eigenvalue weighted by atomic mass is 10.1. The Hall–Kier alpha value is -2.40. The van der Waals surface area contributed by atoms with Gasteiger partial charge in [0.05, 0.1) is 11.5 Å². The van der Waals surface area contributed by atoms with Crippen LogP contribution in [0.2, 0.25) is 0 Å². The van der Waals surface area contributed by atoms with Gasteiger partial charge in [-0.05, 0) is 37.0 Å². The minimum atomic E-state index is -3.05. The fourth-order valence-corrected chi connectivity index (χ4v) is 5.06. The zero-order chi connectivity index (χ0) is 19.3. The highest BCUT2D eigenvalue weighted by molar-refractivity contribution is 7.91. The first-order valence-electron chi connectivity index (χ1n) is 9.23. The normalized spacial score (nSPS) is 18.6. The Morgan fingerprint density at radius 2 is 1.81 bits per heavy atom. The van der Waals surface area contributed by atoms with Crippen molar-refractivity contribution >= 4 is 21.8 Å². The predicted octanol–water partition coefficient (Wildman–Crippen LogP) is 3.27. The highest BCUT2D eigenvalue weighted by atomic mass is 32.2. The van der Waals surface area contributed by atoms with E-state index in [4.69, 9.17) is 0 Å². The molecule has 0 bridgehead atoms. The maximum atomic E-state index is 12.8. The van der Waals surface area contributed by atoms with Crippen molar-refractivity contribution in [1.29, 1.82) is 0 Å². The third-order valence-corrected chi connectivity index (χ3v) is 6.66. The first kappa shape index (κ1) is 19.4. The summed E-state index contributed by atoms with van der Waals surface area (Å²) in [7, 11) is -3.05. The molecule has 0 spiro atoms. The summed E-state index contributed by atoms with van der Waals surface area (Å²) in [5.74, 6) is 0.0917. The summed E-state index contributed by atoms with van der Waals surface area (Å²) in [6, 6.07) is 17.6. The molecule has 1 aliphatic rings. The number of rotatable bonds is 6. The number of hydrogen-bond donors (Lipinski definition) is 0. The molecule has 0 saturated carbocycles. The zero-order valence-corrected chi connectivity index (χ0v) is 16.4. The smallest absolute Gasteiger partial charge is 0.246 e. The van der Waals surface area contributed by atoms with Gasteiger partial charge in [0.15, 0.2) is 9.84 Å². The molecule has 5 heteroatoms. The minimum absolute atomic E-state index is 0.0614. The van der Waals surface area contributed by atoms with Crippen molar-refractivity contribution in [3.63, 3.8) is 0 Å². The number of benzene rings is 2. The van der Waals surface area contributed by atoms with Gasteiger partial charge in [0, 0.05) is 18.7 Å². The molecule has 1 saturated heterocycles. The summed E-state index contributed by atoms with van der Waals surface area (Å²) in [5.41, 5.74) is 3.26. The van der Waals surface area contributed by atoms with Crippen LogP contribution >= 0.6 is 0 Å². The first-order chi connectivity index (χ1) is 12.9. The van der Waals surface area contributed by atoms with Crippen molar-refractivity contribution in [2.24, 2.45) is 0 Å². The Labute approximate surface area is 161 Å². The SMILES string of the molecule is Cc1ccc(/C=C/C(=O)N(CCc2ccccc2)[C@H]2CCS(=O)(=O)C2)cc1. The molecule has 1 atom stereocenters. The van der Waals surface area contributed by atoms with Crippen LogP contribution < -0.4 is 0 Å². The van der Waals surface area contributed by atoms with E-state index in [0.717, 1.165) is 11.1 Å². The molecular formula is C22H25NO3S. The Morgan fingerprint density at radius 3 is 2.44 bits per heavy atom. The summed E-state index contributed by atoms with van der Waals surface area (Å²) in [5, 5.41) is 0. The number of nitrogens with zero attached hydrogens (tertiary/aromatic N) is 1. The average molecular weight is 384 g/mol. The van der Waals surface area contributed by atoms with Crippen molar-refractivity contribution in [2.75, 3.05) is 18.1 Å². The summed E-state index contributed by atoms with van der Waals surface area (Å²) in [6.07, 6.45) is 4.57. The molecule has 1 fully saturated rings. The molecule has 1 amide bonds. The molecule has 1 aliphatic heterocycles. The van der Waals surface area contributed by atoms with Crippen LogP contribution in [0.5, 0.6) is 0 Å². The molecule has 0 aliphatic carbocycles. The summed E-state index contributed by atoms with van der Waals surface area (Å²) in [6.45, 7) is 2.53. The van der Waals surface area contributed by atoms with E-state index >= 15 is 0 Å². The molecule has 0 radical (unpaired) electrons. The van der Waals surface area contributed by atoms with Crippen molar-refractivity contribution in [3.8, 4) is 0 Å². The first-order valence-corrected chi connectivity index (χ1v) is 11.0. The molecule has 3 rings (SSSR count). The number of hydrogen-bond acceptors (Lipinski definition) is 3. The molecular weight excluding hydrogens is 358 g/mol. The molecule has 142 valence electrons. The van der Waals surface area contributed by atoms with E-state index in [1.165, 1.54) is 5.56 Å². The number of carbonyl (C=O) groups excluding carboxylic acids is 1. The van der Waals surface area contributed by atoms with Gasteiger partial charge in [-0.15, -0.1) is 0 Å². The summed E-state index contributed by atoms with van der Waals surface area (Å²) in [4.78, 5) is 14.6. The van der Waals surface area contributed by atoms with Crippen LogP contribution in [0.15, 0.2) is 60.7 Å². The van der Waals surface area contributed by atoms with Gasteiger partial charge in [0.2, 0.25) is 5.91 Å². The lowest BCUT2D eigenvalue weighted by molar-refractivity contribution is -0.127.